The van der Waals surface area contributed by atoms with Gasteiger partial charge in [0.1, 0.15) is 11.4 Å². The maximum atomic E-state index is 14.1. The Bertz CT molecular complexity index is 1260. The van der Waals surface area contributed by atoms with E-state index in [-0.39, 0.29) is 28.6 Å². The third-order valence-corrected chi connectivity index (χ3v) is 4.57. The van der Waals surface area contributed by atoms with Gasteiger partial charge >= 0.3 is 18.3 Å². The second-order valence-electron chi connectivity index (χ2n) is 6.35. The molecule has 0 fully saturated rings. The van der Waals surface area contributed by atoms with Gasteiger partial charge in [-0.15, -0.1) is 10.2 Å². The Labute approximate surface area is 160 Å². The smallest absolute Gasteiger partial charge is 0.422 e. The number of benzene rings is 1. The number of nitrogens with zero attached hydrogens (tertiary/aromatic N) is 4. The van der Waals surface area contributed by atoms with Crippen LogP contribution in [0.1, 0.15) is 11.3 Å². The predicted octanol–water partition coefficient (Wildman–Crippen LogP) is 5.45. The maximum Gasteiger partial charge on any atom is 0.458 e. The molecule has 0 spiro atoms. The first-order chi connectivity index (χ1) is 13.8. The van der Waals surface area contributed by atoms with E-state index in [0.29, 0.717) is 0 Å². The van der Waals surface area contributed by atoms with Gasteiger partial charge in [0.15, 0.2) is 0 Å². The number of fused-ring (bicyclic) bond motifs is 3. The predicted molar refractivity (Wildman–Crippen MR) is 86.5 cm³/mol. The lowest BCUT2D eigenvalue weighted by atomic mass is 9.99. The standard InChI is InChI=1S/C17H8F8N4O/c1-29-10-3-2-7-9(15(18,19)17(23,24)25)5-12(16(20,21)22)27-13(7)8(10)4-11(29)14-28-26-6-30-14/h2-6H,1H3. The number of rotatable bonds is 2. The molecule has 0 amide bonds. The quantitative estimate of drug-likeness (QED) is 0.392. The largest absolute Gasteiger partial charge is 0.458 e. The second-order valence-corrected chi connectivity index (χ2v) is 6.35. The lowest BCUT2D eigenvalue weighted by Crippen LogP contribution is -2.34. The fraction of sp³-hybridized carbons (Fsp3) is 0.235. The van der Waals surface area contributed by atoms with Crippen molar-refractivity contribution >= 4 is 21.8 Å². The Balaban J connectivity index is 2.14. The molecular weight excluding hydrogens is 428 g/mol. The van der Waals surface area contributed by atoms with Gasteiger partial charge in [-0.2, -0.15) is 35.1 Å². The molecule has 5 nitrogen and oxygen atoms in total. The van der Waals surface area contributed by atoms with E-state index in [9.17, 15) is 35.1 Å². The number of aryl methyl sites for hydroxylation is 1. The lowest BCUT2D eigenvalue weighted by molar-refractivity contribution is -0.288. The van der Waals surface area contributed by atoms with Crippen molar-refractivity contribution in [3.05, 3.63) is 41.9 Å². The van der Waals surface area contributed by atoms with Crippen LogP contribution in [0.5, 0.6) is 0 Å². The molecule has 0 atom stereocenters. The summed E-state index contributed by atoms with van der Waals surface area (Å²) in [7, 11) is 1.48. The average Bonchev–Trinajstić information content (AvgIpc) is 3.27. The van der Waals surface area contributed by atoms with Gasteiger partial charge in [0.25, 0.3) is 5.89 Å². The minimum Gasteiger partial charge on any atom is -0.422 e. The van der Waals surface area contributed by atoms with Crippen LogP contribution in [0.2, 0.25) is 0 Å². The summed E-state index contributed by atoms with van der Waals surface area (Å²) in [6, 6.07) is 3.02. The van der Waals surface area contributed by atoms with Crippen LogP contribution < -0.4 is 0 Å². The summed E-state index contributed by atoms with van der Waals surface area (Å²) in [5.41, 5.74) is -3.95. The first-order valence-corrected chi connectivity index (χ1v) is 8.04. The van der Waals surface area contributed by atoms with E-state index in [1.807, 2.05) is 0 Å². The van der Waals surface area contributed by atoms with Crippen molar-refractivity contribution in [3.63, 3.8) is 0 Å². The van der Waals surface area contributed by atoms with Crippen molar-refractivity contribution in [3.8, 4) is 11.6 Å². The fourth-order valence-electron chi connectivity index (χ4n) is 3.15. The third kappa shape index (κ3) is 2.87. The van der Waals surface area contributed by atoms with E-state index in [4.69, 9.17) is 4.42 Å². The van der Waals surface area contributed by atoms with E-state index >= 15 is 0 Å². The Hall–Kier alpha value is -3.25. The Morgan fingerprint density at radius 1 is 0.933 bits per heavy atom. The van der Waals surface area contributed by atoms with Crippen molar-refractivity contribution in [2.75, 3.05) is 0 Å². The number of halogens is 8. The number of alkyl halides is 8. The molecule has 0 saturated heterocycles. The summed E-state index contributed by atoms with van der Waals surface area (Å²) in [4.78, 5) is 3.36. The first-order valence-electron chi connectivity index (χ1n) is 8.04. The Morgan fingerprint density at radius 2 is 1.63 bits per heavy atom. The SMILES string of the molecule is Cn1c(-c2nnco2)cc2c3nc(C(F)(F)F)cc(C(F)(F)C(F)(F)F)c3ccc21. The highest BCUT2D eigenvalue weighted by Crippen LogP contribution is 2.48. The highest BCUT2D eigenvalue weighted by Gasteiger charge is 2.60. The first kappa shape index (κ1) is 20.0. The highest BCUT2D eigenvalue weighted by atomic mass is 19.4. The van der Waals surface area contributed by atoms with Crippen LogP contribution in [-0.4, -0.2) is 25.9 Å². The van der Waals surface area contributed by atoms with Crippen LogP contribution in [0.15, 0.2) is 35.1 Å². The van der Waals surface area contributed by atoms with Crippen molar-refractivity contribution in [1.29, 1.82) is 0 Å². The van der Waals surface area contributed by atoms with E-state index in [2.05, 4.69) is 15.2 Å². The van der Waals surface area contributed by atoms with Crippen molar-refractivity contribution < 1.29 is 39.5 Å². The summed E-state index contributed by atoms with van der Waals surface area (Å²) in [6.07, 6.45) is -10.4. The van der Waals surface area contributed by atoms with Gasteiger partial charge in [0, 0.05) is 23.4 Å². The normalized spacial score (nSPS) is 13.5. The number of hydrogen-bond donors (Lipinski definition) is 0. The minimum absolute atomic E-state index is 0.0327. The molecule has 0 unspecified atom stereocenters. The van der Waals surface area contributed by atoms with Crippen LogP contribution >= 0.6 is 0 Å². The second kappa shape index (κ2) is 6.12. The fourth-order valence-corrected chi connectivity index (χ4v) is 3.15. The molecule has 158 valence electrons. The molecule has 3 heterocycles. The van der Waals surface area contributed by atoms with Crippen molar-refractivity contribution in [2.45, 2.75) is 18.3 Å². The van der Waals surface area contributed by atoms with Crippen LogP contribution in [0.3, 0.4) is 0 Å². The van der Waals surface area contributed by atoms with Gasteiger partial charge in [-0.1, -0.05) is 6.07 Å². The molecule has 0 aliphatic carbocycles. The molecule has 0 aliphatic rings. The number of pyridine rings is 1. The molecule has 0 aliphatic heterocycles. The molecule has 13 heteroatoms. The van der Waals surface area contributed by atoms with Gasteiger partial charge in [0.2, 0.25) is 6.39 Å². The Morgan fingerprint density at radius 3 is 2.20 bits per heavy atom. The van der Waals surface area contributed by atoms with Crippen molar-refractivity contribution in [1.82, 2.24) is 19.7 Å². The molecular formula is C17H8F8N4O. The molecule has 0 radical (unpaired) electrons. The summed E-state index contributed by atoms with van der Waals surface area (Å²) in [5.74, 6) is -5.57. The summed E-state index contributed by atoms with van der Waals surface area (Å²) < 4.78 is 113. The van der Waals surface area contributed by atoms with E-state index < -0.39 is 40.4 Å². The van der Waals surface area contributed by atoms with Crippen LogP contribution in [0.4, 0.5) is 35.1 Å². The van der Waals surface area contributed by atoms with E-state index in [0.717, 1.165) is 12.5 Å². The molecule has 4 rings (SSSR count). The van der Waals surface area contributed by atoms with Crippen molar-refractivity contribution in [2.24, 2.45) is 7.05 Å². The van der Waals surface area contributed by atoms with E-state index in [1.54, 1.807) is 0 Å². The molecule has 0 saturated carbocycles. The zero-order valence-corrected chi connectivity index (χ0v) is 14.6. The monoisotopic (exact) mass is 436 g/mol. The molecule has 1 aromatic carbocycles. The van der Waals surface area contributed by atoms with Crippen LogP contribution in [0.25, 0.3) is 33.4 Å². The maximum absolute atomic E-state index is 14.1. The van der Waals surface area contributed by atoms with Gasteiger partial charge in [-0.25, -0.2) is 4.98 Å². The molecule has 0 N–H and O–H groups in total. The van der Waals surface area contributed by atoms with Gasteiger partial charge in [-0.05, 0) is 18.2 Å². The molecule has 30 heavy (non-hydrogen) atoms. The zero-order valence-electron chi connectivity index (χ0n) is 14.6. The number of hydrogen-bond acceptors (Lipinski definition) is 4. The van der Waals surface area contributed by atoms with Crippen LogP contribution in [0, 0.1) is 0 Å². The average molecular weight is 436 g/mol. The van der Waals surface area contributed by atoms with Crippen LogP contribution in [-0.2, 0) is 19.1 Å². The van der Waals surface area contributed by atoms with E-state index in [1.165, 1.54) is 23.7 Å². The summed E-state index contributed by atoms with van der Waals surface area (Å²) in [6.45, 7) is 0. The lowest BCUT2D eigenvalue weighted by Gasteiger charge is -2.22. The minimum atomic E-state index is -6.11. The topological polar surface area (TPSA) is 56.7 Å². The summed E-state index contributed by atoms with van der Waals surface area (Å²) >= 11 is 0. The van der Waals surface area contributed by atoms with Gasteiger partial charge in [0.05, 0.1) is 11.0 Å². The molecule has 4 aromatic rings. The Kier molecular flexibility index (Phi) is 4.09. The zero-order chi connectivity index (χ0) is 22.1. The van der Waals surface area contributed by atoms with Gasteiger partial charge < -0.3 is 8.98 Å². The third-order valence-electron chi connectivity index (χ3n) is 4.57. The number of aromatic nitrogens is 4. The molecule has 0 bridgehead atoms. The molecule has 3 aromatic heterocycles. The van der Waals surface area contributed by atoms with Gasteiger partial charge in [-0.3, -0.25) is 0 Å². The summed E-state index contributed by atoms with van der Waals surface area (Å²) in [5, 5.41) is 6.28. The highest BCUT2D eigenvalue weighted by molar-refractivity contribution is 6.07.